The van der Waals surface area contributed by atoms with Crippen molar-refractivity contribution in [3.05, 3.63) is 95.8 Å². The summed E-state index contributed by atoms with van der Waals surface area (Å²) in [6.07, 6.45) is 2.93. The second kappa shape index (κ2) is 14.5. The predicted octanol–water partition coefficient (Wildman–Crippen LogP) is 4.74. The minimum Gasteiger partial charge on any atom is -0.489 e. The van der Waals surface area contributed by atoms with E-state index in [1.807, 2.05) is 81.4 Å². The van der Waals surface area contributed by atoms with E-state index in [4.69, 9.17) is 9.47 Å². The maximum atomic E-state index is 13.6. The fourth-order valence-electron chi connectivity index (χ4n) is 4.05. The highest BCUT2D eigenvalue weighted by atomic mass is 16.6. The van der Waals surface area contributed by atoms with E-state index in [-0.39, 0.29) is 18.7 Å². The van der Waals surface area contributed by atoms with Crippen molar-refractivity contribution in [3.8, 4) is 5.75 Å². The lowest BCUT2D eigenvalue weighted by atomic mass is 10.0. The quantitative estimate of drug-likeness (QED) is 0.305. The van der Waals surface area contributed by atoms with Gasteiger partial charge in [-0.05, 0) is 76.4 Å². The molecule has 0 bridgehead atoms. The highest BCUT2D eigenvalue weighted by Crippen LogP contribution is 2.16. The van der Waals surface area contributed by atoms with E-state index in [1.165, 1.54) is 0 Å². The second-order valence-electron chi connectivity index (χ2n) is 12.2. The third kappa shape index (κ3) is 11.6. The highest BCUT2D eigenvalue weighted by Gasteiger charge is 2.30. The second-order valence-corrected chi connectivity index (χ2v) is 12.2. The van der Waals surface area contributed by atoms with E-state index in [9.17, 15) is 14.4 Å². The van der Waals surface area contributed by atoms with E-state index >= 15 is 0 Å². The number of carbonyl (C=O) groups excluding carboxylic acids is 3. The topological polar surface area (TPSA) is 119 Å². The summed E-state index contributed by atoms with van der Waals surface area (Å²) in [7, 11) is 0. The first-order chi connectivity index (χ1) is 19.8. The van der Waals surface area contributed by atoms with Crippen LogP contribution in [0.5, 0.6) is 5.75 Å². The largest absolute Gasteiger partial charge is 0.489 e. The van der Waals surface area contributed by atoms with Crippen molar-refractivity contribution in [2.75, 3.05) is 0 Å². The molecule has 0 aliphatic rings. The molecule has 42 heavy (non-hydrogen) atoms. The van der Waals surface area contributed by atoms with E-state index in [1.54, 1.807) is 39.2 Å². The van der Waals surface area contributed by atoms with Crippen LogP contribution in [0.4, 0.5) is 4.79 Å². The molecule has 3 rings (SSSR count). The molecule has 3 N–H and O–H groups in total. The standard InChI is InChI=1S/C33H42N4O5/c1-32(2,3)37-30(39)28(19-23-14-16-26(17-15-23)41-22-24-11-8-7-9-12-24)35-29(38)27(20-25-13-10-18-34-21-25)36-31(40)42-33(4,5)6/h7-18,21,27-28H,19-20,22H2,1-6H3,(H,35,38)(H,36,40)(H,37,39). The molecule has 9 nitrogen and oxygen atoms in total. The van der Waals surface area contributed by atoms with Crippen LogP contribution < -0.4 is 20.7 Å². The smallest absolute Gasteiger partial charge is 0.408 e. The Balaban J connectivity index is 1.76. The number of aromatic nitrogens is 1. The number of hydrogen-bond acceptors (Lipinski definition) is 6. The van der Waals surface area contributed by atoms with Crippen LogP contribution in [0.25, 0.3) is 0 Å². The number of carbonyl (C=O) groups is 3. The Morgan fingerprint density at radius 1 is 0.738 bits per heavy atom. The first-order valence-electron chi connectivity index (χ1n) is 14.0. The summed E-state index contributed by atoms with van der Waals surface area (Å²) >= 11 is 0. The molecular weight excluding hydrogens is 532 g/mol. The lowest BCUT2D eigenvalue weighted by Crippen LogP contribution is -2.57. The van der Waals surface area contributed by atoms with Crippen molar-refractivity contribution < 1.29 is 23.9 Å². The van der Waals surface area contributed by atoms with E-state index < -0.39 is 35.2 Å². The Morgan fingerprint density at radius 3 is 1.95 bits per heavy atom. The number of rotatable bonds is 11. The van der Waals surface area contributed by atoms with Gasteiger partial charge in [-0.15, -0.1) is 0 Å². The molecule has 1 aromatic heterocycles. The van der Waals surface area contributed by atoms with Crippen molar-refractivity contribution in [1.82, 2.24) is 20.9 Å². The summed E-state index contributed by atoms with van der Waals surface area (Å²) in [5, 5.41) is 8.48. The fourth-order valence-corrected chi connectivity index (χ4v) is 4.05. The molecule has 0 aliphatic carbocycles. The molecule has 0 spiro atoms. The van der Waals surface area contributed by atoms with Crippen LogP contribution in [0.1, 0.15) is 58.2 Å². The molecule has 2 atom stereocenters. The molecule has 0 radical (unpaired) electrons. The van der Waals surface area contributed by atoms with Gasteiger partial charge in [0.05, 0.1) is 0 Å². The van der Waals surface area contributed by atoms with Gasteiger partial charge >= 0.3 is 6.09 Å². The van der Waals surface area contributed by atoms with Gasteiger partial charge in [0.2, 0.25) is 11.8 Å². The van der Waals surface area contributed by atoms with Gasteiger partial charge in [0.25, 0.3) is 0 Å². The highest BCUT2D eigenvalue weighted by molar-refractivity contribution is 5.92. The Bertz CT molecular complexity index is 1300. The lowest BCUT2D eigenvalue weighted by Gasteiger charge is -2.28. The fraction of sp³-hybridized carbons (Fsp3) is 0.394. The molecule has 9 heteroatoms. The molecule has 3 amide bonds. The normalized spacial score (nSPS) is 12.9. The molecular formula is C33H42N4O5. The van der Waals surface area contributed by atoms with Crippen molar-refractivity contribution in [2.45, 2.75) is 84.2 Å². The third-order valence-electron chi connectivity index (χ3n) is 5.91. The third-order valence-corrected chi connectivity index (χ3v) is 5.91. The van der Waals surface area contributed by atoms with Crippen molar-refractivity contribution in [1.29, 1.82) is 0 Å². The number of alkyl carbamates (subject to hydrolysis) is 1. The molecule has 0 saturated heterocycles. The first-order valence-corrected chi connectivity index (χ1v) is 14.0. The lowest BCUT2D eigenvalue weighted by molar-refractivity contribution is -0.130. The van der Waals surface area contributed by atoms with Crippen LogP contribution in [0.15, 0.2) is 79.1 Å². The van der Waals surface area contributed by atoms with Crippen LogP contribution >= 0.6 is 0 Å². The van der Waals surface area contributed by atoms with Crippen molar-refractivity contribution in [2.24, 2.45) is 0 Å². The maximum absolute atomic E-state index is 13.6. The Morgan fingerprint density at radius 2 is 1.36 bits per heavy atom. The summed E-state index contributed by atoms with van der Waals surface area (Å²) in [4.78, 5) is 43.7. The molecule has 0 fully saturated rings. The molecule has 1 heterocycles. The molecule has 3 aromatic rings. The number of ether oxygens (including phenoxy) is 2. The van der Waals surface area contributed by atoms with Gasteiger partial charge in [0, 0.05) is 30.8 Å². The zero-order chi connectivity index (χ0) is 30.8. The van der Waals surface area contributed by atoms with Crippen molar-refractivity contribution >= 4 is 17.9 Å². The average molecular weight is 575 g/mol. The SMILES string of the molecule is CC(C)(C)NC(=O)C(Cc1ccc(OCc2ccccc2)cc1)NC(=O)C(Cc1cccnc1)NC(=O)OC(C)(C)C. The predicted molar refractivity (Wildman–Crippen MR) is 162 cm³/mol. The number of hydrogen-bond donors (Lipinski definition) is 3. The van der Waals surface area contributed by atoms with Crippen LogP contribution in [-0.4, -0.2) is 46.1 Å². The molecule has 2 aromatic carbocycles. The van der Waals surface area contributed by atoms with E-state index in [0.717, 1.165) is 16.7 Å². The summed E-state index contributed by atoms with van der Waals surface area (Å²) in [6, 6.07) is 19.0. The zero-order valence-electron chi connectivity index (χ0n) is 25.3. The number of pyridine rings is 1. The van der Waals surface area contributed by atoms with Gasteiger partial charge in [-0.25, -0.2) is 4.79 Å². The van der Waals surface area contributed by atoms with Crippen LogP contribution in [0, 0.1) is 0 Å². The van der Waals surface area contributed by atoms with E-state index in [2.05, 4.69) is 20.9 Å². The minimum absolute atomic E-state index is 0.167. The van der Waals surface area contributed by atoms with Gasteiger partial charge in [0.15, 0.2) is 0 Å². The van der Waals surface area contributed by atoms with Gasteiger partial charge < -0.3 is 25.4 Å². The number of amides is 3. The Labute approximate surface area is 248 Å². The molecule has 2 unspecified atom stereocenters. The maximum Gasteiger partial charge on any atom is 0.408 e. The van der Waals surface area contributed by atoms with Gasteiger partial charge in [-0.2, -0.15) is 0 Å². The number of benzene rings is 2. The van der Waals surface area contributed by atoms with Crippen LogP contribution in [0.3, 0.4) is 0 Å². The Hall–Kier alpha value is -4.40. The summed E-state index contributed by atoms with van der Waals surface area (Å²) in [5.41, 5.74) is 1.38. The van der Waals surface area contributed by atoms with Crippen molar-refractivity contribution in [3.63, 3.8) is 0 Å². The van der Waals surface area contributed by atoms with E-state index in [0.29, 0.717) is 12.4 Å². The number of nitrogens with zero attached hydrogens (tertiary/aromatic N) is 1. The first kappa shape index (κ1) is 32.1. The van der Waals surface area contributed by atoms with Crippen LogP contribution in [0.2, 0.25) is 0 Å². The molecule has 224 valence electrons. The summed E-state index contributed by atoms with van der Waals surface area (Å²) in [6.45, 7) is 11.3. The molecule has 0 aliphatic heterocycles. The van der Waals surface area contributed by atoms with Crippen LogP contribution in [-0.2, 0) is 33.8 Å². The Kier molecular flexibility index (Phi) is 11.1. The minimum atomic E-state index is -0.997. The van der Waals surface area contributed by atoms with Gasteiger partial charge in [-0.3, -0.25) is 14.6 Å². The molecule has 0 saturated carbocycles. The average Bonchev–Trinajstić information content (AvgIpc) is 2.91. The summed E-state index contributed by atoms with van der Waals surface area (Å²) < 4.78 is 11.3. The number of nitrogens with one attached hydrogen (secondary N) is 3. The zero-order valence-corrected chi connectivity index (χ0v) is 25.3. The van der Waals surface area contributed by atoms with Gasteiger partial charge in [-0.1, -0.05) is 48.5 Å². The van der Waals surface area contributed by atoms with Gasteiger partial charge in [0.1, 0.15) is 30.0 Å². The monoisotopic (exact) mass is 574 g/mol. The summed E-state index contributed by atoms with van der Waals surface area (Å²) in [5.74, 6) is -0.153.